The van der Waals surface area contributed by atoms with Gasteiger partial charge in [0.2, 0.25) is 5.91 Å². The van der Waals surface area contributed by atoms with Gasteiger partial charge in [-0.25, -0.2) is 8.42 Å². The number of nitrogens with zero attached hydrogens (tertiary/aromatic N) is 1. The highest BCUT2D eigenvalue weighted by Gasteiger charge is 2.32. The standard InChI is InChI=1S/C19H21BrN2O5S/c1-11-7-13-8-15(20)19(10-17(13)22(11)12(2)23)28(24,25)21-16-9-14(26-3)5-6-18(16)27-4/h5-6,8-11,21H,7H2,1-4H3/t11-/m0/s1. The van der Waals surface area contributed by atoms with E-state index in [1.807, 2.05) is 6.92 Å². The summed E-state index contributed by atoms with van der Waals surface area (Å²) < 4.78 is 39.6. The molecule has 1 N–H and O–H groups in total. The summed E-state index contributed by atoms with van der Waals surface area (Å²) in [6.45, 7) is 3.41. The van der Waals surface area contributed by atoms with Crippen molar-refractivity contribution in [2.45, 2.75) is 31.2 Å². The van der Waals surface area contributed by atoms with Crippen LogP contribution in [0.4, 0.5) is 11.4 Å². The van der Waals surface area contributed by atoms with Gasteiger partial charge in [-0.2, -0.15) is 0 Å². The average Bonchev–Trinajstić information content (AvgIpc) is 2.95. The quantitative estimate of drug-likeness (QED) is 0.724. The highest BCUT2D eigenvalue weighted by Crippen LogP contribution is 2.39. The molecule has 28 heavy (non-hydrogen) atoms. The van der Waals surface area contributed by atoms with Crippen LogP contribution in [-0.2, 0) is 21.2 Å². The van der Waals surface area contributed by atoms with Crippen molar-refractivity contribution < 1.29 is 22.7 Å². The van der Waals surface area contributed by atoms with Crippen LogP contribution in [-0.4, -0.2) is 34.6 Å². The lowest BCUT2D eigenvalue weighted by Crippen LogP contribution is -2.33. The van der Waals surface area contributed by atoms with Gasteiger partial charge >= 0.3 is 0 Å². The Labute approximate surface area is 172 Å². The Bertz CT molecular complexity index is 1040. The predicted octanol–water partition coefficient (Wildman–Crippen LogP) is 3.56. The Kier molecular flexibility index (Phi) is 5.58. The first-order valence-electron chi connectivity index (χ1n) is 8.55. The van der Waals surface area contributed by atoms with Crippen LogP contribution in [0.15, 0.2) is 39.7 Å². The molecule has 0 unspecified atom stereocenters. The first kappa shape index (κ1) is 20.5. The smallest absolute Gasteiger partial charge is 0.263 e. The summed E-state index contributed by atoms with van der Waals surface area (Å²) in [4.78, 5) is 13.7. The van der Waals surface area contributed by atoms with E-state index in [2.05, 4.69) is 20.7 Å². The number of ether oxygens (including phenoxy) is 2. The molecule has 1 amide bonds. The van der Waals surface area contributed by atoms with E-state index in [9.17, 15) is 13.2 Å². The molecule has 150 valence electrons. The minimum Gasteiger partial charge on any atom is -0.497 e. The molecular formula is C19H21BrN2O5S. The second-order valence-corrected chi connectivity index (χ2v) is 9.03. The van der Waals surface area contributed by atoms with Gasteiger partial charge < -0.3 is 14.4 Å². The molecule has 9 heteroatoms. The summed E-state index contributed by atoms with van der Waals surface area (Å²) in [5.74, 6) is 0.725. The van der Waals surface area contributed by atoms with E-state index in [1.54, 1.807) is 29.2 Å². The maximum Gasteiger partial charge on any atom is 0.263 e. The van der Waals surface area contributed by atoms with Crippen molar-refractivity contribution in [3.8, 4) is 11.5 Å². The zero-order valence-electron chi connectivity index (χ0n) is 15.9. The molecule has 0 saturated carbocycles. The van der Waals surface area contributed by atoms with Gasteiger partial charge in [0, 0.05) is 29.2 Å². The summed E-state index contributed by atoms with van der Waals surface area (Å²) in [6.07, 6.45) is 0.672. The molecule has 0 radical (unpaired) electrons. The molecule has 1 atom stereocenters. The number of fused-ring (bicyclic) bond motifs is 1. The first-order valence-corrected chi connectivity index (χ1v) is 10.8. The van der Waals surface area contributed by atoms with Gasteiger partial charge in [-0.1, -0.05) is 0 Å². The van der Waals surface area contributed by atoms with Gasteiger partial charge in [0.15, 0.2) is 0 Å². The van der Waals surface area contributed by atoms with Crippen molar-refractivity contribution in [2.75, 3.05) is 23.8 Å². The molecule has 1 aliphatic heterocycles. The lowest BCUT2D eigenvalue weighted by Gasteiger charge is -2.21. The van der Waals surface area contributed by atoms with Crippen molar-refractivity contribution in [3.05, 3.63) is 40.4 Å². The second kappa shape index (κ2) is 7.63. The Morgan fingerprint density at radius 1 is 1.21 bits per heavy atom. The summed E-state index contributed by atoms with van der Waals surface area (Å²) >= 11 is 3.36. The third kappa shape index (κ3) is 3.68. The van der Waals surface area contributed by atoms with Gasteiger partial charge in [-0.3, -0.25) is 9.52 Å². The van der Waals surface area contributed by atoms with Gasteiger partial charge in [-0.15, -0.1) is 0 Å². The number of methoxy groups -OCH3 is 2. The number of amides is 1. The molecule has 7 nitrogen and oxygen atoms in total. The van der Waals surface area contributed by atoms with Crippen molar-refractivity contribution in [1.29, 1.82) is 0 Å². The number of hydrogen-bond acceptors (Lipinski definition) is 5. The third-order valence-corrected chi connectivity index (χ3v) is 6.95. The third-order valence-electron chi connectivity index (χ3n) is 4.63. The summed E-state index contributed by atoms with van der Waals surface area (Å²) in [7, 11) is -1.01. The largest absolute Gasteiger partial charge is 0.497 e. The molecule has 0 spiro atoms. The molecule has 0 aromatic heterocycles. The molecule has 1 aliphatic rings. The fourth-order valence-corrected chi connectivity index (χ4v) is 5.57. The Morgan fingerprint density at radius 3 is 2.54 bits per heavy atom. The van der Waals surface area contributed by atoms with Crippen molar-refractivity contribution in [1.82, 2.24) is 0 Å². The molecule has 0 bridgehead atoms. The van der Waals surface area contributed by atoms with Crippen LogP contribution >= 0.6 is 15.9 Å². The van der Waals surface area contributed by atoms with Crippen molar-refractivity contribution in [2.24, 2.45) is 0 Å². The minimum absolute atomic E-state index is 0.0243. The highest BCUT2D eigenvalue weighted by atomic mass is 79.9. The van der Waals surface area contributed by atoms with Gasteiger partial charge in [0.25, 0.3) is 10.0 Å². The first-order chi connectivity index (χ1) is 13.2. The van der Waals surface area contributed by atoms with Crippen LogP contribution in [0.1, 0.15) is 19.4 Å². The minimum atomic E-state index is -3.96. The lowest BCUT2D eigenvalue weighted by atomic mass is 10.1. The van der Waals surface area contributed by atoms with E-state index in [1.165, 1.54) is 27.2 Å². The summed E-state index contributed by atoms with van der Waals surface area (Å²) in [5.41, 5.74) is 1.79. The van der Waals surface area contributed by atoms with Gasteiger partial charge in [-0.05, 0) is 59.1 Å². The normalized spacial score (nSPS) is 15.9. The number of halogens is 1. The lowest BCUT2D eigenvalue weighted by molar-refractivity contribution is -0.116. The highest BCUT2D eigenvalue weighted by molar-refractivity contribution is 9.10. The van der Waals surface area contributed by atoms with Crippen molar-refractivity contribution >= 4 is 43.2 Å². The maximum atomic E-state index is 13.1. The van der Waals surface area contributed by atoms with Crippen LogP contribution < -0.4 is 19.1 Å². The molecule has 0 saturated heterocycles. The molecule has 2 aromatic carbocycles. The Hall–Kier alpha value is -2.26. The Balaban J connectivity index is 2.06. The molecule has 0 aliphatic carbocycles. The topological polar surface area (TPSA) is 84.9 Å². The Morgan fingerprint density at radius 2 is 1.93 bits per heavy atom. The number of anilines is 2. The number of rotatable bonds is 5. The zero-order valence-corrected chi connectivity index (χ0v) is 18.3. The molecule has 2 aromatic rings. The van der Waals surface area contributed by atoms with Gasteiger partial charge in [0.1, 0.15) is 16.4 Å². The number of nitrogens with one attached hydrogen (secondary N) is 1. The van der Waals surface area contributed by atoms with E-state index in [4.69, 9.17) is 9.47 Å². The zero-order chi connectivity index (χ0) is 20.6. The molecule has 1 heterocycles. The second-order valence-electron chi connectivity index (χ2n) is 6.53. The molecular weight excluding hydrogens is 448 g/mol. The fourth-order valence-electron chi connectivity index (χ4n) is 3.40. The van der Waals surface area contributed by atoms with Crippen LogP contribution in [0.5, 0.6) is 11.5 Å². The van der Waals surface area contributed by atoms with Crippen LogP contribution in [0.3, 0.4) is 0 Å². The summed E-state index contributed by atoms with van der Waals surface area (Å²) in [6, 6.07) is 8.10. The number of carbonyl (C=O) groups excluding carboxylic acids is 1. The van der Waals surface area contributed by atoms with Gasteiger partial charge in [0.05, 0.1) is 19.9 Å². The maximum absolute atomic E-state index is 13.1. The van der Waals surface area contributed by atoms with E-state index in [0.29, 0.717) is 28.1 Å². The van der Waals surface area contributed by atoms with Crippen LogP contribution in [0, 0.1) is 0 Å². The van der Waals surface area contributed by atoms with Crippen LogP contribution in [0.2, 0.25) is 0 Å². The van der Waals surface area contributed by atoms with E-state index in [0.717, 1.165) is 5.56 Å². The van der Waals surface area contributed by atoms with Crippen LogP contribution in [0.25, 0.3) is 0 Å². The van der Waals surface area contributed by atoms with E-state index < -0.39 is 10.0 Å². The van der Waals surface area contributed by atoms with E-state index >= 15 is 0 Å². The van der Waals surface area contributed by atoms with E-state index in [-0.39, 0.29) is 22.5 Å². The SMILES string of the molecule is COc1ccc(OC)c(NS(=O)(=O)c2cc3c(cc2Br)C[C@H](C)N3C(C)=O)c1. The number of carbonyl (C=O) groups is 1. The fraction of sp³-hybridized carbons (Fsp3) is 0.316. The predicted molar refractivity (Wildman–Crippen MR) is 111 cm³/mol. The summed E-state index contributed by atoms with van der Waals surface area (Å²) in [5, 5.41) is 0. The monoisotopic (exact) mass is 468 g/mol. The van der Waals surface area contributed by atoms with Crippen molar-refractivity contribution in [3.63, 3.8) is 0 Å². The average molecular weight is 469 g/mol. The number of hydrogen-bond donors (Lipinski definition) is 1. The molecule has 3 rings (SSSR count). The number of sulfonamides is 1. The molecule has 0 fully saturated rings. The number of benzene rings is 2.